The van der Waals surface area contributed by atoms with Crippen molar-refractivity contribution in [2.24, 2.45) is 0 Å². The number of aromatic nitrogens is 1. The molecule has 2 rings (SSSR count). The van der Waals surface area contributed by atoms with E-state index >= 15 is 0 Å². The highest BCUT2D eigenvalue weighted by atomic mass is 16.5. The maximum Gasteiger partial charge on any atom is 0.219 e. The van der Waals surface area contributed by atoms with E-state index < -0.39 is 0 Å². The molecule has 2 aromatic rings. The van der Waals surface area contributed by atoms with Crippen molar-refractivity contribution in [1.82, 2.24) is 4.98 Å². The number of ether oxygens (including phenoxy) is 1. The van der Waals surface area contributed by atoms with E-state index in [4.69, 9.17) is 4.74 Å². The zero-order valence-electron chi connectivity index (χ0n) is 8.90. The minimum absolute atomic E-state index is 0.629. The Balaban J connectivity index is 2.15. The van der Waals surface area contributed by atoms with Gasteiger partial charge in [-0.25, -0.2) is 4.98 Å². The van der Waals surface area contributed by atoms with Crippen LogP contribution in [0.15, 0.2) is 42.6 Å². The summed E-state index contributed by atoms with van der Waals surface area (Å²) >= 11 is 0. The van der Waals surface area contributed by atoms with Crippen LogP contribution in [-0.2, 0) is 0 Å². The maximum atomic E-state index is 5.58. The van der Waals surface area contributed by atoms with Crippen molar-refractivity contribution in [3.63, 3.8) is 0 Å². The third kappa shape index (κ3) is 2.56. The number of rotatable bonds is 2. The van der Waals surface area contributed by atoms with Crippen LogP contribution < -0.4 is 4.74 Å². The van der Waals surface area contributed by atoms with Gasteiger partial charge in [0.25, 0.3) is 0 Å². The molecule has 0 unspecified atom stereocenters. The molecule has 15 heavy (non-hydrogen) atoms. The van der Waals surface area contributed by atoms with Gasteiger partial charge in [-0.1, -0.05) is 23.8 Å². The average molecular weight is 199 g/mol. The largest absolute Gasteiger partial charge is 0.439 e. The van der Waals surface area contributed by atoms with E-state index in [0.29, 0.717) is 5.88 Å². The van der Waals surface area contributed by atoms with Gasteiger partial charge in [-0.3, -0.25) is 0 Å². The first-order chi connectivity index (χ1) is 7.24. The van der Waals surface area contributed by atoms with Gasteiger partial charge >= 0.3 is 0 Å². The Morgan fingerprint density at radius 3 is 2.13 bits per heavy atom. The molecule has 1 aromatic carbocycles. The minimum atomic E-state index is 0.629. The molecule has 0 aliphatic heterocycles. The molecule has 1 aromatic heterocycles. The van der Waals surface area contributed by atoms with Crippen LogP contribution in [0.2, 0.25) is 0 Å². The third-order valence-electron chi connectivity index (χ3n) is 2.13. The first-order valence-corrected chi connectivity index (χ1v) is 4.91. The van der Waals surface area contributed by atoms with Crippen molar-refractivity contribution >= 4 is 0 Å². The van der Waals surface area contributed by atoms with Crippen LogP contribution in [0, 0.1) is 13.8 Å². The van der Waals surface area contributed by atoms with E-state index in [1.807, 2.05) is 50.2 Å². The van der Waals surface area contributed by atoms with Gasteiger partial charge in [-0.15, -0.1) is 0 Å². The highest BCUT2D eigenvalue weighted by Crippen LogP contribution is 2.19. The van der Waals surface area contributed by atoms with Crippen molar-refractivity contribution in [1.29, 1.82) is 0 Å². The zero-order chi connectivity index (χ0) is 10.7. The van der Waals surface area contributed by atoms with Gasteiger partial charge in [0, 0.05) is 12.3 Å². The molecule has 76 valence electrons. The normalized spacial score (nSPS) is 10.0. The number of hydrogen-bond donors (Lipinski definition) is 0. The van der Waals surface area contributed by atoms with Crippen LogP contribution >= 0.6 is 0 Å². The summed E-state index contributed by atoms with van der Waals surface area (Å²) in [5.74, 6) is 1.45. The first kappa shape index (κ1) is 9.71. The van der Waals surface area contributed by atoms with Crippen LogP contribution in [0.25, 0.3) is 0 Å². The fourth-order valence-corrected chi connectivity index (χ4v) is 1.24. The molecular formula is C13H13NO. The topological polar surface area (TPSA) is 22.1 Å². The average Bonchev–Trinajstić information content (AvgIpc) is 2.25. The fourth-order valence-electron chi connectivity index (χ4n) is 1.24. The zero-order valence-corrected chi connectivity index (χ0v) is 8.90. The van der Waals surface area contributed by atoms with Crippen LogP contribution in [0.4, 0.5) is 0 Å². The van der Waals surface area contributed by atoms with Crippen molar-refractivity contribution in [2.75, 3.05) is 0 Å². The van der Waals surface area contributed by atoms with Gasteiger partial charge in [0.2, 0.25) is 5.88 Å². The van der Waals surface area contributed by atoms with Crippen molar-refractivity contribution < 1.29 is 4.74 Å². The molecule has 0 spiro atoms. The summed E-state index contributed by atoms with van der Waals surface area (Å²) in [7, 11) is 0. The summed E-state index contributed by atoms with van der Waals surface area (Å²) in [5, 5.41) is 0. The number of pyridine rings is 1. The molecule has 0 saturated carbocycles. The molecule has 0 amide bonds. The summed E-state index contributed by atoms with van der Waals surface area (Å²) < 4.78 is 5.58. The molecule has 0 aliphatic rings. The lowest BCUT2D eigenvalue weighted by Gasteiger charge is -2.04. The molecule has 0 atom stereocenters. The summed E-state index contributed by atoms with van der Waals surface area (Å²) in [6, 6.07) is 11.8. The summed E-state index contributed by atoms with van der Waals surface area (Å²) in [4.78, 5) is 4.17. The van der Waals surface area contributed by atoms with Crippen molar-refractivity contribution in [2.45, 2.75) is 13.8 Å². The number of hydrogen-bond acceptors (Lipinski definition) is 2. The predicted octanol–water partition coefficient (Wildman–Crippen LogP) is 3.49. The Kier molecular flexibility index (Phi) is 2.68. The Hall–Kier alpha value is -1.83. The van der Waals surface area contributed by atoms with Crippen molar-refractivity contribution in [3.05, 3.63) is 53.7 Å². The lowest BCUT2D eigenvalue weighted by molar-refractivity contribution is 0.462. The maximum absolute atomic E-state index is 5.58. The number of aryl methyl sites for hydroxylation is 2. The second-order valence-corrected chi connectivity index (χ2v) is 3.59. The fraction of sp³-hybridized carbons (Fsp3) is 0.154. The molecule has 0 N–H and O–H groups in total. The molecule has 2 heteroatoms. The van der Waals surface area contributed by atoms with E-state index in [9.17, 15) is 0 Å². The van der Waals surface area contributed by atoms with Crippen LogP contribution in [0.1, 0.15) is 11.1 Å². The van der Waals surface area contributed by atoms with E-state index in [0.717, 1.165) is 11.3 Å². The lowest BCUT2D eigenvalue weighted by atomic mass is 10.2. The highest BCUT2D eigenvalue weighted by molar-refractivity contribution is 5.30. The van der Waals surface area contributed by atoms with Crippen LogP contribution in [0.5, 0.6) is 11.6 Å². The molecule has 0 aliphatic carbocycles. The minimum Gasteiger partial charge on any atom is -0.439 e. The Bertz CT molecular complexity index is 388. The lowest BCUT2D eigenvalue weighted by Crippen LogP contribution is -1.87. The first-order valence-electron chi connectivity index (χ1n) is 4.91. The summed E-state index contributed by atoms with van der Waals surface area (Å²) in [6.45, 7) is 4.05. The molecule has 0 fully saturated rings. The van der Waals surface area contributed by atoms with E-state index in [1.165, 1.54) is 5.56 Å². The molecule has 0 bridgehead atoms. The third-order valence-corrected chi connectivity index (χ3v) is 2.13. The molecule has 1 heterocycles. The standard InChI is InChI=1S/C13H13NO/c1-10-3-6-12(7-4-10)15-13-8-5-11(2)9-14-13/h3-9H,1-2H3. The SMILES string of the molecule is Cc1ccc(Oc2ccc(C)cn2)cc1. The van der Waals surface area contributed by atoms with Crippen LogP contribution in [0.3, 0.4) is 0 Å². The Morgan fingerprint density at radius 2 is 1.53 bits per heavy atom. The van der Waals surface area contributed by atoms with Gasteiger partial charge in [-0.05, 0) is 31.5 Å². The van der Waals surface area contributed by atoms with E-state index in [1.54, 1.807) is 6.20 Å². The molecule has 0 radical (unpaired) electrons. The number of benzene rings is 1. The highest BCUT2D eigenvalue weighted by Gasteiger charge is 1.97. The predicted molar refractivity (Wildman–Crippen MR) is 60.2 cm³/mol. The summed E-state index contributed by atoms with van der Waals surface area (Å²) in [6.07, 6.45) is 1.80. The molecule has 2 nitrogen and oxygen atoms in total. The quantitative estimate of drug-likeness (QED) is 0.738. The second-order valence-electron chi connectivity index (χ2n) is 3.59. The Morgan fingerprint density at radius 1 is 0.867 bits per heavy atom. The van der Waals surface area contributed by atoms with Gasteiger partial charge in [0.05, 0.1) is 0 Å². The van der Waals surface area contributed by atoms with E-state index in [-0.39, 0.29) is 0 Å². The molecular weight excluding hydrogens is 186 g/mol. The summed E-state index contributed by atoms with van der Waals surface area (Å²) in [5.41, 5.74) is 2.35. The smallest absolute Gasteiger partial charge is 0.219 e. The van der Waals surface area contributed by atoms with Gasteiger partial charge in [0.15, 0.2) is 0 Å². The Labute approximate surface area is 89.6 Å². The van der Waals surface area contributed by atoms with Crippen molar-refractivity contribution in [3.8, 4) is 11.6 Å². The van der Waals surface area contributed by atoms with Gasteiger partial charge < -0.3 is 4.74 Å². The van der Waals surface area contributed by atoms with Crippen LogP contribution in [-0.4, -0.2) is 4.98 Å². The number of nitrogens with zero attached hydrogens (tertiary/aromatic N) is 1. The monoisotopic (exact) mass is 199 g/mol. The molecule has 0 saturated heterocycles. The van der Waals surface area contributed by atoms with E-state index in [2.05, 4.69) is 4.98 Å². The van der Waals surface area contributed by atoms with Gasteiger partial charge in [-0.2, -0.15) is 0 Å². The van der Waals surface area contributed by atoms with Gasteiger partial charge in [0.1, 0.15) is 5.75 Å². The second kappa shape index (κ2) is 4.13.